The topological polar surface area (TPSA) is 0 Å². The molecular formula is C62H58. The highest BCUT2D eigenvalue weighted by atomic mass is 14.5. The molecule has 1 aliphatic rings. The third-order valence-corrected chi connectivity index (χ3v) is 11.9. The predicted octanol–water partition coefficient (Wildman–Crippen LogP) is 17.0. The van der Waals surface area contributed by atoms with Gasteiger partial charge in [-0.3, -0.25) is 0 Å². The average Bonchev–Trinajstić information content (AvgIpc) is 3.61. The molecule has 0 radical (unpaired) electrons. The molecule has 9 aromatic carbocycles. The fraction of sp³-hybridized carbons (Fsp3) is 0.129. The van der Waals surface area contributed by atoms with E-state index in [1.54, 1.807) is 0 Å². The van der Waals surface area contributed by atoms with Crippen molar-refractivity contribution in [3.05, 3.63) is 275 Å². The van der Waals surface area contributed by atoms with Crippen molar-refractivity contribution < 1.29 is 0 Å². The van der Waals surface area contributed by atoms with Crippen LogP contribution in [0.25, 0.3) is 44.2 Å². The van der Waals surface area contributed by atoms with E-state index in [0.717, 1.165) is 0 Å². The summed E-state index contributed by atoms with van der Waals surface area (Å²) in [5.41, 5.74) is 19.6. The highest BCUT2D eigenvalue weighted by molar-refractivity contribution is 5.99. The van der Waals surface area contributed by atoms with Gasteiger partial charge in [0.25, 0.3) is 0 Å². The third kappa shape index (κ3) is 9.16. The standard InChI is InChI=1S/C26H20.C25H22.C7H8.C4H8/c1-19-16-17-23-22-14-8-9-15-24(22)26(25(23)18-19,20-10-4-2-5-11-20)21-12-6-3-7-13-21;1-17-8-12-20(13-9-17)22-15-10-18(2)24(16-22)25-19(3)11-14-21-6-4-5-7-23(21)25;1-7-5-3-2-4-6-7;1-3-4-2/h2-18H,1H3;4-16H,1-3H3;2-6H,1H3;3-4H,1-2H3/b;;;4-3+. The molecule has 10 rings (SSSR count). The minimum atomic E-state index is -0.263. The maximum Gasteiger partial charge on any atom is 0.0713 e. The normalized spacial score (nSPS) is 11.9. The van der Waals surface area contributed by atoms with E-state index >= 15 is 0 Å². The van der Waals surface area contributed by atoms with Gasteiger partial charge in [-0.15, -0.1) is 0 Å². The molecule has 0 N–H and O–H groups in total. The molecule has 0 fully saturated rings. The molecule has 0 saturated heterocycles. The van der Waals surface area contributed by atoms with Gasteiger partial charge in [-0.25, -0.2) is 0 Å². The molecule has 0 heterocycles. The zero-order chi connectivity index (χ0) is 43.5. The summed E-state index contributed by atoms with van der Waals surface area (Å²) in [5, 5.41) is 2.62. The third-order valence-electron chi connectivity index (χ3n) is 11.9. The van der Waals surface area contributed by atoms with Crippen molar-refractivity contribution in [2.75, 3.05) is 0 Å². The molecule has 62 heavy (non-hydrogen) atoms. The van der Waals surface area contributed by atoms with Crippen LogP contribution in [0.3, 0.4) is 0 Å². The van der Waals surface area contributed by atoms with Gasteiger partial charge >= 0.3 is 0 Å². The van der Waals surface area contributed by atoms with E-state index in [4.69, 9.17) is 0 Å². The number of benzene rings is 9. The van der Waals surface area contributed by atoms with Gasteiger partial charge in [-0.2, -0.15) is 0 Å². The van der Waals surface area contributed by atoms with Crippen LogP contribution in [0.2, 0.25) is 0 Å². The molecule has 0 bridgehead atoms. The second-order valence-electron chi connectivity index (χ2n) is 16.3. The average molecular weight is 803 g/mol. The number of rotatable bonds is 4. The zero-order valence-corrected chi connectivity index (χ0v) is 37.4. The summed E-state index contributed by atoms with van der Waals surface area (Å²) in [6, 6.07) is 76.6. The summed E-state index contributed by atoms with van der Waals surface area (Å²) in [6.45, 7) is 14.8. The minimum Gasteiger partial charge on any atom is -0.0919 e. The molecule has 0 heteroatoms. The van der Waals surface area contributed by atoms with Crippen molar-refractivity contribution in [3.8, 4) is 33.4 Å². The molecule has 0 saturated carbocycles. The van der Waals surface area contributed by atoms with Crippen LogP contribution < -0.4 is 0 Å². The molecule has 0 spiro atoms. The molecular weight excluding hydrogens is 745 g/mol. The van der Waals surface area contributed by atoms with Gasteiger partial charge in [-0.05, 0) is 132 Å². The first-order valence-corrected chi connectivity index (χ1v) is 21.8. The monoisotopic (exact) mass is 802 g/mol. The Kier molecular flexibility index (Phi) is 13.9. The lowest BCUT2D eigenvalue weighted by molar-refractivity contribution is 0.767. The van der Waals surface area contributed by atoms with E-state index in [0.29, 0.717) is 0 Å². The molecule has 0 aliphatic heterocycles. The first kappa shape index (κ1) is 43.1. The van der Waals surface area contributed by atoms with Gasteiger partial charge in [-0.1, -0.05) is 235 Å². The van der Waals surface area contributed by atoms with E-state index in [1.807, 2.05) is 44.2 Å². The summed E-state index contributed by atoms with van der Waals surface area (Å²) in [4.78, 5) is 0. The second-order valence-corrected chi connectivity index (χ2v) is 16.3. The molecule has 9 aromatic rings. The minimum absolute atomic E-state index is 0.263. The number of fused-ring (bicyclic) bond motifs is 4. The quantitative estimate of drug-likeness (QED) is 0.156. The van der Waals surface area contributed by atoms with E-state index in [9.17, 15) is 0 Å². The summed E-state index contributed by atoms with van der Waals surface area (Å²) < 4.78 is 0. The zero-order valence-electron chi connectivity index (χ0n) is 37.4. The van der Waals surface area contributed by atoms with Gasteiger partial charge < -0.3 is 0 Å². The lowest BCUT2D eigenvalue weighted by Crippen LogP contribution is -2.28. The van der Waals surface area contributed by atoms with Crippen LogP contribution in [0.15, 0.2) is 224 Å². The SMILES string of the molecule is C/C=C/C.Cc1ccc(-c2ccc(C)c(-c3c(C)ccc4ccccc34)c2)cc1.Cc1ccc2c(c1)C(c1ccccc1)(c1ccccc1)c1ccccc1-2.Cc1ccccc1. The summed E-state index contributed by atoms with van der Waals surface area (Å²) in [6.07, 6.45) is 4.00. The Labute approximate surface area is 370 Å². The van der Waals surface area contributed by atoms with Crippen molar-refractivity contribution in [3.63, 3.8) is 0 Å². The van der Waals surface area contributed by atoms with Gasteiger partial charge in [0.1, 0.15) is 0 Å². The largest absolute Gasteiger partial charge is 0.0919 e. The molecule has 0 atom stereocenters. The summed E-state index contributed by atoms with van der Waals surface area (Å²) in [5.74, 6) is 0. The van der Waals surface area contributed by atoms with Gasteiger partial charge in [0.15, 0.2) is 0 Å². The molecule has 0 unspecified atom stereocenters. The van der Waals surface area contributed by atoms with Crippen molar-refractivity contribution in [1.82, 2.24) is 0 Å². The predicted molar refractivity (Wildman–Crippen MR) is 269 cm³/mol. The highest BCUT2D eigenvalue weighted by Crippen LogP contribution is 2.56. The van der Waals surface area contributed by atoms with Crippen LogP contribution in [-0.2, 0) is 5.41 Å². The van der Waals surface area contributed by atoms with Crippen molar-refractivity contribution in [2.24, 2.45) is 0 Å². The van der Waals surface area contributed by atoms with Crippen molar-refractivity contribution >= 4 is 10.8 Å². The van der Waals surface area contributed by atoms with Crippen LogP contribution >= 0.6 is 0 Å². The van der Waals surface area contributed by atoms with Crippen LogP contribution in [-0.4, -0.2) is 0 Å². The molecule has 0 nitrogen and oxygen atoms in total. The van der Waals surface area contributed by atoms with E-state index in [2.05, 4.69) is 229 Å². The second kappa shape index (κ2) is 20.0. The maximum atomic E-state index is 2.37. The summed E-state index contributed by atoms with van der Waals surface area (Å²) >= 11 is 0. The van der Waals surface area contributed by atoms with E-state index < -0.39 is 0 Å². The van der Waals surface area contributed by atoms with Gasteiger partial charge in [0.05, 0.1) is 5.41 Å². The number of hydrogen-bond donors (Lipinski definition) is 0. The van der Waals surface area contributed by atoms with E-state index in [1.165, 1.54) is 94.2 Å². The van der Waals surface area contributed by atoms with Crippen LogP contribution in [0.5, 0.6) is 0 Å². The van der Waals surface area contributed by atoms with Crippen LogP contribution in [0, 0.1) is 34.6 Å². The maximum absolute atomic E-state index is 2.37. The lowest BCUT2D eigenvalue weighted by Gasteiger charge is -2.34. The summed E-state index contributed by atoms with van der Waals surface area (Å²) in [7, 11) is 0. The van der Waals surface area contributed by atoms with Crippen molar-refractivity contribution in [2.45, 2.75) is 53.9 Å². The molecule has 0 aromatic heterocycles. The molecule has 306 valence electrons. The Hall–Kier alpha value is -7.02. The Morgan fingerprint density at radius 3 is 1.45 bits per heavy atom. The Balaban J connectivity index is 0.000000150. The fourth-order valence-corrected chi connectivity index (χ4v) is 8.65. The smallest absolute Gasteiger partial charge is 0.0713 e. The first-order chi connectivity index (χ1) is 30.3. The Morgan fingerprint density at radius 2 is 0.839 bits per heavy atom. The first-order valence-electron chi connectivity index (χ1n) is 21.8. The van der Waals surface area contributed by atoms with Crippen LogP contribution in [0.4, 0.5) is 0 Å². The molecule has 0 amide bonds. The van der Waals surface area contributed by atoms with Crippen molar-refractivity contribution in [1.29, 1.82) is 0 Å². The fourth-order valence-electron chi connectivity index (χ4n) is 8.65. The number of allylic oxidation sites excluding steroid dienone is 2. The lowest BCUT2D eigenvalue weighted by atomic mass is 9.67. The van der Waals surface area contributed by atoms with Gasteiger partial charge in [0.2, 0.25) is 0 Å². The molecule has 1 aliphatic carbocycles. The number of aryl methyl sites for hydroxylation is 5. The number of hydrogen-bond acceptors (Lipinski definition) is 0. The Bertz CT molecular complexity index is 2840. The highest BCUT2D eigenvalue weighted by Gasteiger charge is 2.45. The van der Waals surface area contributed by atoms with E-state index in [-0.39, 0.29) is 5.41 Å². The van der Waals surface area contributed by atoms with Crippen LogP contribution in [0.1, 0.15) is 63.9 Å². The van der Waals surface area contributed by atoms with Gasteiger partial charge in [0, 0.05) is 0 Å². The Morgan fingerprint density at radius 1 is 0.339 bits per heavy atom.